The topological polar surface area (TPSA) is 0 Å². The lowest BCUT2D eigenvalue weighted by molar-refractivity contribution is 1.11. The smallest absolute Gasteiger partial charge is 0.00999 e. The Labute approximate surface area is 74.0 Å². The lowest BCUT2D eigenvalue weighted by Crippen LogP contribution is -1.71. The van der Waals surface area contributed by atoms with Crippen LogP contribution in [0, 0.1) is 5.92 Å². The van der Waals surface area contributed by atoms with E-state index in [0.29, 0.717) is 0 Å². The third-order valence-electron chi connectivity index (χ3n) is 2.27. The second-order valence-electron chi connectivity index (χ2n) is 3.55. The first-order valence-electron chi connectivity index (χ1n) is 4.60. The zero-order valence-electron chi connectivity index (χ0n) is 7.29. The molecule has 0 atom stereocenters. The lowest BCUT2D eigenvalue weighted by atomic mass is 10.2. The molecule has 2 aliphatic carbocycles. The molecule has 0 spiro atoms. The molecule has 1 saturated carbocycles. The summed E-state index contributed by atoms with van der Waals surface area (Å²) in [6.45, 7) is 3.73. The molecular formula is C12H14. The second kappa shape index (κ2) is 3.14. The summed E-state index contributed by atoms with van der Waals surface area (Å²) in [4.78, 5) is 0. The van der Waals surface area contributed by atoms with Gasteiger partial charge in [-0.3, -0.25) is 0 Å². The summed E-state index contributed by atoms with van der Waals surface area (Å²) in [5.74, 6) is 0.879. The van der Waals surface area contributed by atoms with E-state index in [1.807, 2.05) is 6.08 Å². The maximum atomic E-state index is 3.73. The first kappa shape index (κ1) is 7.60. The van der Waals surface area contributed by atoms with Gasteiger partial charge in [0.1, 0.15) is 0 Å². The van der Waals surface area contributed by atoms with Crippen molar-refractivity contribution in [3.05, 3.63) is 48.1 Å². The number of hydrogen-bond acceptors (Lipinski definition) is 0. The molecule has 1 fully saturated rings. The maximum absolute atomic E-state index is 3.73. The van der Waals surface area contributed by atoms with Crippen LogP contribution in [0.5, 0.6) is 0 Å². The van der Waals surface area contributed by atoms with Crippen LogP contribution in [-0.2, 0) is 0 Å². The van der Waals surface area contributed by atoms with Crippen molar-refractivity contribution in [2.24, 2.45) is 5.92 Å². The standard InChI is InChI=1S/C12H14/c1-2-3-10-6-7-12(8-10)9-11-4-5-11/h2,6-9,11H,1,3-5H2/b12-9-. The first-order valence-corrected chi connectivity index (χ1v) is 4.60. The fourth-order valence-electron chi connectivity index (χ4n) is 1.45. The van der Waals surface area contributed by atoms with Crippen molar-refractivity contribution in [2.75, 3.05) is 0 Å². The molecule has 0 saturated heterocycles. The van der Waals surface area contributed by atoms with E-state index in [9.17, 15) is 0 Å². The van der Waals surface area contributed by atoms with E-state index in [4.69, 9.17) is 0 Å². The largest absolute Gasteiger partial charge is 0.103 e. The van der Waals surface area contributed by atoms with Crippen molar-refractivity contribution < 1.29 is 0 Å². The molecule has 0 N–H and O–H groups in total. The average Bonchev–Trinajstić information content (AvgIpc) is 2.74. The van der Waals surface area contributed by atoms with Gasteiger partial charge in [0.05, 0.1) is 0 Å². The van der Waals surface area contributed by atoms with Crippen LogP contribution < -0.4 is 0 Å². The van der Waals surface area contributed by atoms with Gasteiger partial charge in [-0.05, 0) is 36.3 Å². The summed E-state index contributed by atoms with van der Waals surface area (Å²) in [5, 5.41) is 0. The van der Waals surface area contributed by atoms with Crippen LogP contribution in [0.15, 0.2) is 48.1 Å². The minimum absolute atomic E-state index is 0.879. The Kier molecular flexibility index (Phi) is 1.99. The molecule has 0 heterocycles. The summed E-state index contributed by atoms with van der Waals surface area (Å²) in [6.07, 6.45) is 14.8. The molecular weight excluding hydrogens is 144 g/mol. The van der Waals surface area contributed by atoms with Crippen LogP contribution in [-0.4, -0.2) is 0 Å². The Hall–Kier alpha value is -1.04. The zero-order valence-corrected chi connectivity index (χ0v) is 7.29. The lowest BCUT2D eigenvalue weighted by Gasteiger charge is -1.89. The van der Waals surface area contributed by atoms with Crippen molar-refractivity contribution in [3.63, 3.8) is 0 Å². The van der Waals surface area contributed by atoms with Crippen LogP contribution in [0.3, 0.4) is 0 Å². The second-order valence-corrected chi connectivity index (χ2v) is 3.55. The SMILES string of the molecule is C=CCC1=C/C(=C\C2CC2)C=C1. The van der Waals surface area contributed by atoms with Crippen molar-refractivity contribution in [1.29, 1.82) is 0 Å². The third-order valence-corrected chi connectivity index (χ3v) is 2.27. The minimum Gasteiger partial charge on any atom is -0.103 e. The maximum Gasteiger partial charge on any atom is -0.00999 e. The molecule has 62 valence electrons. The van der Waals surface area contributed by atoms with E-state index in [-0.39, 0.29) is 0 Å². The van der Waals surface area contributed by atoms with Crippen LogP contribution in [0.4, 0.5) is 0 Å². The summed E-state index contributed by atoms with van der Waals surface area (Å²) in [5.41, 5.74) is 2.78. The van der Waals surface area contributed by atoms with Crippen molar-refractivity contribution in [3.8, 4) is 0 Å². The van der Waals surface area contributed by atoms with Gasteiger partial charge < -0.3 is 0 Å². The minimum atomic E-state index is 0.879. The summed E-state index contributed by atoms with van der Waals surface area (Å²) < 4.78 is 0. The first-order chi connectivity index (χ1) is 5.88. The van der Waals surface area contributed by atoms with Gasteiger partial charge in [-0.25, -0.2) is 0 Å². The van der Waals surface area contributed by atoms with E-state index in [0.717, 1.165) is 12.3 Å². The highest BCUT2D eigenvalue weighted by atomic mass is 14.2. The Bertz CT molecular complexity index is 272. The molecule has 0 nitrogen and oxygen atoms in total. The molecule has 0 unspecified atom stereocenters. The van der Waals surface area contributed by atoms with Gasteiger partial charge in [0.25, 0.3) is 0 Å². The van der Waals surface area contributed by atoms with Gasteiger partial charge in [0.15, 0.2) is 0 Å². The van der Waals surface area contributed by atoms with Gasteiger partial charge in [0, 0.05) is 0 Å². The molecule has 2 aliphatic rings. The normalized spacial score (nSPS) is 24.7. The zero-order chi connectivity index (χ0) is 8.39. The predicted molar refractivity (Wildman–Crippen MR) is 52.8 cm³/mol. The summed E-state index contributed by atoms with van der Waals surface area (Å²) >= 11 is 0. The molecule has 0 amide bonds. The van der Waals surface area contributed by atoms with Crippen LogP contribution >= 0.6 is 0 Å². The number of allylic oxidation sites excluding steroid dienone is 7. The van der Waals surface area contributed by atoms with Crippen LogP contribution in [0.25, 0.3) is 0 Å². The molecule has 0 heteroatoms. The molecule has 0 aromatic heterocycles. The van der Waals surface area contributed by atoms with Gasteiger partial charge in [-0.2, -0.15) is 0 Å². The molecule has 0 aromatic carbocycles. The van der Waals surface area contributed by atoms with E-state index in [1.54, 1.807) is 0 Å². The fraction of sp³-hybridized carbons (Fsp3) is 0.333. The Morgan fingerprint density at radius 3 is 2.92 bits per heavy atom. The Balaban J connectivity index is 2.03. The van der Waals surface area contributed by atoms with Crippen molar-refractivity contribution >= 4 is 0 Å². The van der Waals surface area contributed by atoms with E-state index in [2.05, 4.69) is 30.9 Å². The molecule has 12 heavy (non-hydrogen) atoms. The quantitative estimate of drug-likeness (QED) is 0.552. The van der Waals surface area contributed by atoms with Crippen LogP contribution in [0.2, 0.25) is 0 Å². The average molecular weight is 158 g/mol. The monoisotopic (exact) mass is 158 g/mol. The van der Waals surface area contributed by atoms with E-state index in [1.165, 1.54) is 24.0 Å². The Morgan fingerprint density at radius 1 is 1.42 bits per heavy atom. The highest BCUT2D eigenvalue weighted by Crippen LogP contribution is 2.33. The summed E-state index contributed by atoms with van der Waals surface area (Å²) in [6, 6.07) is 0. The van der Waals surface area contributed by atoms with Crippen LogP contribution in [0.1, 0.15) is 19.3 Å². The summed E-state index contributed by atoms with van der Waals surface area (Å²) in [7, 11) is 0. The molecule has 0 aromatic rings. The highest BCUT2D eigenvalue weighted by molar-refractivity contribution is 5.46. The molecule has 0 radical (unpaired) electrons. The van der Waals surface area contributed by atoms with E-state index < -0.39 is 0 Å². The Morgan fingerprint density at radius 2 is 2.25 bits per heavy atom. The highest BCUT2D eigenvalue weighted by Gasteiger charge is 2.18. The van der Waals surface area contributed by atoms with Gasteiger partial charge in [-0.15, -0.1) is 6.58 Å². The predicted octanol–water partition coefficient (Wildman–Crippen LogP) is 3.40. The molecule has 0 bridgehead atoms. The number of hydrogen-bond donors (Lipinski definition) is 0. The molecule has 0 aliphatic heterocycles. The number of rotatable bonds is 3. The van der Waals surface area contributed by atoms with E-state index >= 15 is 0 Å². The fourth-order valence-corrected chi connectivity index (χ4v) is 1.45. The third kappa shape index (κ3) is 1.76. The van der Waals surface area contributed by atoms with Crippen molar-refractivity contribution in [2.45, 2.75) is 19.3 Å². The molecule has 2 rings (SSSR count). The van der Waals surface area contributed by atoms with Crippen molar-refractivity contribution in [1.82, 2.24) is 0 Å². The van der Waals surface area contributed by atoms with Gasteiger partial charge >= 0.3 is 0 Å². The van der Waals surface area contributed by atoms with Gasteiger partial charge in [-0.1, -0.05) is 30.4 Å². The van der Waals surface area contributed by atoms with Gasteiger partial charge in [0.2, 0.25) is 0 Å².